The number of nitrogens with one attached hydrogen (secondary N) is 2. The van der Waals surface area contributed by atoms with Crippen molar-refractivity contribution in [3.8, 4) is 0 Å². The first-order valence-corrected chi connectivity index (χ1v) is 10.3. The molecular weight excluding hydrogens is 356 g/mol. The summed E-state index contributed by atoms with van der Waals surface area (Å²) in [7, 11) is -3.96. The minimum absolute atomic E-state index is 0.00488. The molecule has 1 amide bonds. The van der Waals surface area contributed by atoms with Crippen molar-refractivity contribution in [1.29, 1.82) is 0 Å². The summed E-state index contributed by atoms with van der Waals surface area (Å²) < 4.78 is 26.8. The lowest BCUT2D eigenvalue weighted by molar-refractivity contribution is -0.139. The molecule has 1 atom stereocenters. The number of hydrogen-bond acceptors (Lipinski definition) is 4. The van der Waals surface area contributed by atoms with Crippen LogP contribution < -0.4 is 10.0 Å². The third-order valence-electron chi connectivity index (χ3n) is 3.94. The Bertz CT molecular complexity index is 686. The smallest absolute Gasteiger partial charge is 0.321 e. The Morgan fingerprint density at radius 1 is 1.12 bits per heavy atom. The van der Waals surface area contributed by atoms with Crippen molar-refractivity contribution in [3.05, 3.63) is 29.8 Å². The molecule has 1 aromatic carbocycles. The van der Waals surface area contributed by atoms with Gasteiger partial charge in [0.25, 0.3) is 0 Å². The highest BCUT2D eigenvalue weighted by molar-refractivity contribution is 7.89. The number of benzene rings is 1. The van der Waals surface area contributed by atoms with Crippen LogP contribution in [0.4, 0.5) is 0 Å². The van der Waals surface area contributed by atoms with E-state index in [4.69, 9.17) is 0 Å². The Hall–Kier alpha value is -1.93. The molecule has 7 nitrogen and oxygen atoms in total. The van der Waals surface area contributed by atoms with Crippen LogP contribution in [0.3, 0.4) is 0 Å². The monoisotopic (exact) mass is 384 g/mol. The van der Waals surface area contributed by atoms with Crippen LogP contribution in [0.25, 0.3) is 0 Å². The van der Waals surface area contributed by atoms with Crippen molar-refractivity contribution in [2.24, 2.45) is 0 Å². The zero-order chi connectivity index (χ0) is 19.6. The molecule has 0 bridgehead atoms. The van der Waals surface area contributed by atoms with Crippen LogP contribution in [0.15, 0.2) is 29.2 Å². The number of aliphatic carboxylic acids is 1. The van der Waals surface area contributed by atoms with Gasteiger partial charge in [0.15, 0.2) is 0 Å². The standard InChI is InChI=1S/C18H28N2O5S/c1-3-4-5-6-13-19-17(21)12-11-16(18(22)23)20-26(24,25)15-9-7-14(2)8-10-15/h7-10,16,20H,3-6,11-13H2,1-2H3,(H,19,21)(H,22,23)/t16-/m0/s1. The van der Waals surface area contributed by atoms with Gasteiger partial charge in [-0.3, -0.25) is 9.59 Å². The molecule has 0 saturated heterocycles. The Labute approximate surface area is 155 Å². The fourth-order valence-corrected chi connectivity index (χ4v) is 3.57. The molecule has 3 N–H and O–H groups in total. The van der Waals surface area contributed by atoms with Crippen LogP contribution in [0.1, 0.15) is 51.0 Å². The largest absolute Gasteiger partial charge is 0.480 e. The van der Waals surface area contributed by atoms with E-state index >= 15 is 0 Å². The van der Waals surface area contributed by atoms with Crippen molar-refractivity contribution in [2.75, 3.05) is 6.54 Å². The van der Waals surface area contributed by atoms with E-state index < -0.39 is 22.0 Å². The molecule has 1 aromatic rings. The Morgan fingerprint density at radius 3 is 2.35 bits per heavy atom. The summed E-state index contributed by atoms with van der Waals surface area (Å²) in [6, 6.07) is 4.75. The van der Waals surface area contributed by atoms with E-state index in [-0.39, 0.29) is 23.6 Å². The summed E-state index contributed by atoms with van der Waals surface area (Å²) in [5.74, 6) is -1.58. The number of hydrogen-bond donors (Lipinski definition) is 3. The molecule has 0 heterocycles. The van der Waals surface area contributed by atoms with Crippen LogP contribution in [-0.4, -0.2) is 38.0 Å². The average Bonchev–Trinajstić information content (AvgIpc) is 2.58. The highest BCUT2D eigenvalue weighted by Gasteiger charge is 2.25. The molecule has 0 aromatic heterocycles. The van der Waals surface area contributed by atoms with E-state index in [9.17, 15) is 23.1 Å². The molecule has 146 valence electrons. The predicted molar refractivity (Wildman–Crippen MR) is 99.3 cm³/mol. The molecule has 0 radical (unpaired) electrons. The molecule has 0 spiro atoms. The number of carbonyl (C=O) groups excluding carboxylic acids is 1. The fraction of sp³-hybridized carbons (Fsp3) is 0.556. The Balaban J connectivity index is 2.54. The lowest BCUT2D eigenvalue weighted by Gasteiger charge is -2.15. The molecule has 0 unspecified atom stereocenters. The quantitative estimate of drug-likeness (QED) is 0.478. The van der Waals surface area contributed by atoms with Crippen LogP contribution in [0.2, 0.25) is 0 Å². The normalized spacial score (nSPS) is 12.5. The van der Waals surface area contributed by atoms with Gasteiger partial charge in [-0.05, 0) is 31.9 Å². The van der Waals surface area contributed by atoms with Crippen molar-refractivity contribution in [3.63, 3.8) is 0 Å². The number of aryl methyl sites for hydroxylation is 1. The van der Waals surface area contributed by atoms with Gasteiger partial charge in [-0.15, -0.1) is 0 Å². The van der Waals surface area contributed by atoms with Gasteiger partial charge in [-0.1, -0.05) is 43.9 Å². The van der Waals surface area contributed by atoms with E-state index in [1.54, 1.807) is 12.1 Å². The molecule has 0 aliphatic rings. The Morgan fingerprint density at radius 2 is 1.77 bits per heavy atom. The number of rotatable bonds is 12. The predicted octanol–water partition coefficient (Wildman–Crippen LogP) is 2.20. The second-order valence-corrected chi connectivity index (χ2v) is 7.99. The maximum Gasteiger partial charge on any atom is 0.321 e. The number of carboxylic acid groups (broad SMARTS) is 1. The molecule has 8 heteroatoms. The SMILES string of the molecule is CCCCCCNC(=O)CC[C@H](NS(=O)(=O)c1ccc(C)cc1)C(=O)O. The summed E-state index contributed by atoms with van der Waals surface area (Å²) in [6.07, 6.45) is 3.96. The number of carbonyl (C=O) groups is 2. The van der Waals surface area contributed by atoms with Crippen molar-refractivity contribution >= 4 is 21.9 Å². The topological polar surface area (TPSA) is 113 Å². The van der Waals surface area contributed by atoms with Gasteiger partial charge in [0.1, 0.15) is 6.04 Å². The van der Waals surface area contributed by atoms with Crippen LogP contribution in [0, 0.1) is 6.92 Å². The number of sulfonamides is 1. The van der Waals surface area contributed by atoms with Gasteiger partial charge in [0.2, 0.25) is 15.9 Å². The first-order valence-electron chi connectivity index (χ1n) is 8.84. The second kappa shape index (κ2) is 10.9. The minimum atomic E-state index is -3.96. The molecule has 0 aliphatic carbocycles. The maximum atomic E-state index is 12.3. The van der Waals surface area contributed by atoms with E-state index in [1.807, 2.05) is 6.92 Å². The third kappa shape index (κ3) is 7.97. The first-order chi connectivity index (χ1) is 12.3. The average molecular weight is 384 g/mol. The summed E-state index contributed by atoms with van der Waals surface area (Å²) in [4.78, 5) is 23.1. The molecule has 0 saturated carbocycles. The highest BCUT2D eigenvalue weighted by Crippen LogP contribution is 2.12. The van der Waals surface area contributed by atoms with Crippen LogP contribution in [0.5, 0.6) is 0 Å². The molecular formula is C18H28N2O5S. The zero-order valence-electron chi connectivity index (χ0n) is 15.3. The van der Waals surface area contributed by atoms with E-state index in [1.165, 1.54) is 12.1 Å². The van der Waals surface area contributed by atoms with Gasteiger partial charge >= 0.3 is 5.97 Å². The second-order valence-electron chi connectivity index (χ2n) is 6.27. The van der Waals surface area contributed by atoms with Gasteiger partial charge in [0.05, 0.1) is 4.90 Å². The van der Waals surface area contributed by atoms with Gasteiger partial charge in [-0.25, -0.2) is 8.42 Å². The summed E-state index contributed by atoms with van der Waals surface area (Å²) in [5, 5.41) is 12.0. The number of carboxylic acids is 1. The van der Waals surface area contributed by atoms with Crippen molar-refractivity contribution in [1.82, 2.24) is 10.0 Å². The van der Waals surface area contributed by atoms with E-state index in [2.05, 4.69) is 17.0 Å². The summed E-state index contributed by atoms with van der Waals surface area (Å²) in [6.45, 7) is 4.47. The lowest BCUT2D eigenvalue weighted by atomic mass is 10.1. The third-order valence-corrected chi connectivity index (χ3v) is 5.43. The van der Waals surface area contributed by atoms with Crippen LogP contribution in [-0.2, 0) is 19.6 Å². The fourth-order valence-electron chi connectivity index (χ4n) is 2.35. The molecule has 26 heavy (non-hydrogen) atoms. The van der Waals surface area contributed by atoms with Gasteiger partial charge in [-0.2, -0.15) is 4.72 Å². The summed E-state index contributed by atoms with van der Waals surface area (Å²) >= 11 is 0. The zero-order valence-corrected chi connectivity index (χ0v) is 16.1. The van der Waals surface area contributed by atoms with Crippen LogP contribution >= 0.6 is 0 Å². The number of amides is 1. The minimum Gasteiger partial charge on any atom is -0.480 e. The maximum absolute atomic E-state index is 12.3. The number of unbranched alkanes of at least 4 members (excludes halogenated alkanes) is 3. The lowest BCUT2D eigenvalue weighted by Crippen LogP contribution is -2.41. The highest BCUT2D eigenvalue weighted by atomic mass is 32.2. The molecule has 1 rings (SSSR count). The van der Waals surface area contributed by atoms with Crippen molar-refractivity contribution in [2.45, 2.75) is 63.3 Å². The Kier molecular flexibility index (Phi) is 9.29. The van der Waals surface area contributed by atoms with Crippen molar-refractivity contribution < 1.29 is 23.1 Å². The molecule has 0 aliphatic heterocycles. The van der Waals surface area contributed by atoms with E-state index in [0.717, 1.165) is 31.2 Å². The van der Waals surface area contributed by atoms with E-state index in [0.29, 0.717) is 6.54 Å². The summed E-state index contributed by atoms with van der Waals surface area (Å²) in [5.41, 5.74) is 0.898. The van der Waals surface area contributed by atoms with Gasteiger partial charge < -0.3 is 10.4 Å². The first kappa shape index (κ1) is 22.1. The molecule has 0 fully saturated rings. The van der Waals surface area contributed by atoms with Gasteiger partial charge in [0, 0.05) is 13.0 Å².